The van der Waals surface area contributed by atoms with Gasteiger partial charge in [0.1, 0.15) is 36.4 Å². The van der Waals surface area contributed by atoms with Crippen molar-refractivity contribution >= 4 is 17.0 Å². The fraction of sp³-hybridized carbons (Fsp3) is 0.583. The van der Waals surface area contributed by atoms with Gasteiger partial charge in [0.15, 0.2) is 11.5 Å². The van der Waals surface area contributed by atoms with Gasteiger partial charge in [0.2, 0.25) is 0 Å². The molecule has 2 aromatic rings. The van der Waals surface area contributed by atoms with Crippen LogP contribution in [-0.4, -0.2) is 71.0 Å². The van der Waals surface area contributed by atoms with Crippen molar-refractivity contribution < 1.29 is 25.2 Å². The van der Waals surface area contributed by atoms with E-state index in [-0.39, 0.29) is 12.2 Å². The molecule has 120 valence electrons. The third-order valence-corrected chi connectivity index (χ3v) is 3.78. The van der Waals surface area contributed by atoms with Gasteiger partial charge in [0, 0.05) is 6.42 Å². The predicted octanol–water partition coefficient (Wildman–Crippen LogP) is -2.23. The van der Waals surface area contributed by atoms with E-state index < -0.39 is 37.3 Å². The molecule has 0 bridgehead atoms. The van der Waals surface area contributed by atoms with Crippen LogP contribution in [0.15, 0.2) is 12.7 Å². The van der Waals surface area contributed by atoms with Crippen molar-refractivity contribution in [3.05, 3.63) is 12.7 Å². The van der Waals surface area contributed by atoms with Gasteiger partial charge in [-0.2, -0.15) is 0 Å². The Kier molecular flexibility index (Phi) is 3.93. The number of imidazole rings is 1. The maximum atomic E-state index is 9.97. The van der Waals surface area contributed by atoms with Crippen LogP contribution in [0.5, 0.6) is 0 Å². The highest BCUT2D eigenvalue weighted by molar-refractivity contribution is 5.81. The van der Waals surface area contributed by atoms with Crippen molar-refractivity contribution in [2.45, 2.75) is 37.1 Å². The van der Waals surface area contributed by atoms with E-state index >= 15 is 0 Å². The molecule has 6 N–H and O–H groups in total. The first-order valence-corrected chi connectivity index (χ1v) is 6.76. The molecular formula is C12H17N5O5. The minimum Gasteiger partial charge on any atom is -0.394 e. The number of nitrogen functional groups attached to an aromatic ring is 1. The second kappa shape index (κ2) is 5.74. The zero-order valence-corrected chi connectivity index (χ0v) is 11.5. The fourth-order valence-electron chi connectivity index (χ4n) is 2.54. The van der Waals surface area contributed by atoms with Crippen LogP contribution in [0.25, 0.3) is 11.2 Å². The second-order valence-corrected chi connectivity index (χ2v) is 5.18. The summed E-state index contributed by atoms with van der Waals surface area (Å²) in [7, 11) is 0. The van der Waals surface area contributed by atoms with Gasteiger partial charge in [-0.3, -0.25) is 4.57 Å². The van der Waals surface area contributed by atoms with Crippen LogP contribution in [0.1, 0.15) is 12.6 Å². The highest BCUT2D eigenvalue weighted by Gasteiger charge is 2.39. The van der Waals surface area contributed by atoms with E-state index in [0.29, 0.717) is 11.2 Å². The third-order valence-electron chi connectivity index (χ3n) is 3.78. The number of hydrogen-bond donors (Lipinski definition) is 5. The lowest BCUT2D eigenvalue weighted by Gasteiger charge is -2.24. The molecule has 0 radical (unpaired) electrons. The first-order chi connectivity index (χ1) is 10.5. The Balaban J connectivity index is 2.00. The van der Waals surface area contributed by atoms with Gasteiger partial charge >= 0.3 is 0 Å². The molecule has 10 heteroatoms. The first kappa shape index (κ1) is 15.1. The molecule has 10 nitrogen and oxygen atoms in total. The summed E-state index contributed by atoms with van der Waals surface area (Å²) in [5, 5.41) is 39.0. The number of nitrogens with two attached hydrogens (primary N) is 1. The molecular weight excluding hydrogens is 294 g/mol. The minimum absolute atomic E-state index is 0.00983. The summed E-state index contributed by atoms with van der Waals surface area (Å²) in [6.45, 7) is -0.509. The largest absolute Gasteiger partial charge is 0.394 e. The average molecular weight is 311 g/mol. The molecule has 0 aromatic carbocycles. The topological polar surface area (TPSA) is 160 Å². The van der Waals surface area contributed by atoms with Crippen molar-refractivity contribution in [1.29, 1.82) is 0 Å². The van der Waals surface area contributed by atoms with Gasteiger partial charge in [-0.15, -0.1) is 0 Å². The number of hydrogen-bond acceptors (Lipinski definition) is 9. The zero-order chi connectivity index (χ0) is 15.9. The van der Waals surface area contributed by atoms with Gasteiger partial charge in [-0.1, -0.05) is 0 Å². The van der Waals surface area contributed by atoms with Crippen LogP contribution >= 0.6 is 0 Å². The highest BCUT2D eigenvalue weighted by atomic mass is 16.5. The maximum absolute atomic E-state index is 9.97. The number of aliphatic hydroxyl groups is 4. The van der Waals surface area contributed by atoms with Crippen LogP contribution < -0.4 is 5.73 Å². The van der Waals surface area contributed by atoms with Crippen LogP contribution in [0.2, 0.25) is 0 Å². The SMILES string of the molecule is Nc1ncnc2c1ncn2[C@@H]1C[C@H](O)[C@@H](O)[C@@H](O)C(CO)O1. The minimum atomic E-state index is -1.42. The maximum Gasteiger partial charge on any atom is 0.167 e. The molecule has 0 amide bonds. The number of nitrogens with zero attached hydrogens (tertiary/aromatic N) is 4. The molecule has 0 saturated carbocycles. The number of ether oxygens (including phenoxy) is 1. The van der Waals surface area contributed by atoms with Crippen LogP contribution in [0.3, 0.4) is 0 Å². The summed E-state index contributed by atoms with van der Waals surface area (Å²) in [5.41, 5.74) is 6.49. The second-order valence-electron chi connectivity index (χ2n) is 5.18. The van der Waals surface area contributed by atoms with Gasteiger partial charge < -0.3 is 30.9 Å². The van der Waals surface area contributed by atoms with Crippen LogP contribution in [0.4, 0.5) is 5.82 Å². The molecule has 1 fully saturated rings. The fourth-order valence-corrected chi connectivity index (χ4v) is 2.54. The Bertz CT molecular complexity index is 664. The van der Waals surface area contributed by atoms with E-state index in [9.17, 15) is 20.4 Å². The first-order valence-electron chi connectivity index (χ1n) is 6.76. The van der Waals surface area contributed by atoms with Crippen molar-refractivity contribution in [2.75, 3.05) is 12.3 Å². The molecule has 3 rings (SSSR count). The van der Waals surface area contributed by atoms with Crippen molar-refractivity contribution in [2.24, 2.45) is 0 Å². The average Bonchev–Trinajstić information content (AvgIpc) is 2.91. The van der Waals surface area contributed by atoms with Crippen molar-refractivity contribution in [3.8, 4) is 0 Å². The molecule has 2 aromatic heterocycles. The summed E-state index contributed by atoms with van der Waals surface area (Å²) in [4.78, 5) is 12.0. The smallest absolute Gasteiger partial charge is 0.167 e. The van der Waals surface area contributed by atoms with Crippen molar-refractivity contribution in [3.63, 3.8) is 0 Å². The van der Waals surface area contributed by atoms with E-state index in [1.807, 2.05) is 0 Å². The Hall–Kier alpha value is -1.85. The Morgan fingerprint density at radius 2 is 2.00 bits per heavy atom. The van der Waals surface area contributed by atoms with Gasteiger partial charge in [-0.25, -0.2) is 15.0 Å². The molecule has 22 heavy (non-hydrogen) atoms. The molecule has 1 aliphatic rings. The number of anilines is 1. The van der Waals surface area contributed by atoms with Crippen LogP contribution in [0, 0.1) is 0 Å². The highest BCUT2D eigenvalue weighted by Crippen LogP contribution is 2.29. The number of aliphatic hydroxyl groups excluding tert-OH is 4. The monoisotopic (exact) mass is 311 g/mol. The van der Waals surface area contributed by atoms with E-state index in [1.165, 1.54) is 17.2 Å². The summed E-state index contributed by atoms with van der Waals surface area (Å²) in [6.07, 6.45) is -3.19. The lowest BCUT2D eigenvalue weighted by atomic mass is 10.0. The Morgan fingerprint density at radius 1 is 1.23 bits per heavy atom. The van der Waals surface area contributed by atoms with E-state index in [1.54, 1.807) is 0 Å². The third kappa shape index (κ3) is 2.40. The molecule has 5 atom stereocenters. The van der Waals surface area contributed by atoms with Gasteiger partial charge in [0.25, 0.3) is 0 Å². The molecule has 1 unspecified atom stereocenters. The van der Waals surface area contributed by atoms with E-state index in [2.05, 4.69) is 15.0 Å². The lowest BCUT2D eigenvalue weighted by molar-refractivity contribution is -0.130. The molecule has 1 saturated heterocycles. The number of aromatic nitrogens is 4. The molecule has 3 heterocycles. The van der Waals surface area contributed by atoms with Gasteiger partial charge in [0.05, 0.1) is 19.0 Å². The molecule has 0 spiro atoms. The normalized spacial score (nSPS) is 33.0. The molecule has 0 aliphatic carbocycles. The zero-order valence-electron chi connectivity index (χ0n) is 11.5. The Morgan fingerprint density at radius 3 is 2.73 bits per heavy atom. The predicted molar refractivity (Wildman–Crippen MR) is 73.4 cm³/mol. The molecule has 1 aliphatic heterocycles. The van der Waals surface area contributed by atoms with Crippen LogP contribution in [-0.2, 0) is 4.74 Å². The number of rotatable bonds is 2. The standard InChI is InChI=1S/C12H17N5O5/c13-11-8-12(15-3-14-11)17(4-16-8)7-1-5(19)9(20)10(21)6(2-18)22-7/h3-7,9-10,18-21H,1-2H2,(H2,13,14,15)/t5-,6?,7-,9+,10-/m0/s1. The summed E-state index contributed by atoms with van der Waals surface area (Å²) in [5.74, 6) is 0.205. The summed E-state index contributed by atoms with van der Waals surface area (Å²) >= 11 is 0. The van der Waals surface area contributed by atoms with E-state index in [4.69, 9.17) is 10.5 Å². The Labute approximate surface area is 124 Å². The summed E-state index contributed by atoms with van der Waals surface area (Å²) < 4.78 is 7.13. The van der Waals surface area contributed by atoms with E-state index in [0.717, 1.165) is 0 Å². The quantitative estimate of drug-likeness (QED) is 0.413. The van der Waals surface area contributed by atoms with Crippen molar-refractivity contribution in [1.82, 2.24) is 19.5 Å². The summed E-state index contributed by atoms with van der Waals surface area (Å²) in [6, 6.07) is 0. The van der Waals surface area contributed by atoms with Gasteiger partial charge in [-0.05, 0) is 0 Å². The number of fused-ring (bicyclic) bond motifs is 1. The lowest BCUT2D eigenvalue weighted by Crippen LogP contribution is -2.44.